The molecule has 180 valence electrons. The van der Waals surface area contributed by atoms with Crippen molar-refractivity contribution in [3.05, 3.63) is 59.7 Å². The van der Waals surface area contributed by atoms with Gasteiger partial charge in [0.2, 0.25) is 5.91 Å². The van der Waals surface area contributed by atoms with E-state index in [1.54, 1.807) is 25.1 Å². The normalized spacial score (nSPS) is 34.3. The highest BCUT2D eigenvalue weighted by Gasteiger charge is 2.77. The van der Waals surface area contributed by atoms with Crippen LogP contribution in [0.2, 0.25) is 0 Å². The number of ether oxygens (including phenoxy) is 2. The highest BCUT2D eigenvalue weighted by atomic mass is 19.4. The van der Waals surface area contributed by atoms with E-state index in [2.05, 4.69) is 5.16 Å². The average molecular weight is 483 g/mol. The number of anilines is 1. The van der Waals surface area contributed by atoms with E-state index < -0.39 is 46.6 Å². The van der Waals surface area contributed by atoms with Crippen molar-refractivity contribution < 1.29 is 32.3 Å². The highest BCUT2D eigenvalue weighted by Crippen LogP contribution is 2.64. The van der Waals surface area contributed by atoms with Crippen molar-refractivity contribution in [1.29, 1.82) is 5.26 Å². The molecule has 2 aromatic rings. The van der Waals surface area contributed by atoms with Gasteiger partial charge in [-0.2, -0.15) is 18.4 Å². The van der Waals surface area contributed by atoms with E-state index in [1.165, 1.54) is 11.0 Å². The SMILES string of the molecule is C[C@]12O[C@@]3(CCO[C@H]4[C@@H]3[C@@H]1C(=O)N4c1ccc(C#N)c(C(F)(F)F)c1)CC2=NOc1ccccc1. The molecule has 4 aliphatic rings. The molecule has 2 aromatic carbocycles. The van der Waals surface area contributed by atoms with E-state index in [9.17, 15) is 18.0 Å². The first-order chi connectivity index (χ1) is 16.7. The zero-order valence-electron chi connectivity index (χ0n) is 18.6. The topological polar surface area (TPSA) is 84.2 Å². The second-order valence-electron chi connectivity index (χ2n) is 9.46. The second kappa shape index (κ2) is 7.29. The molecule has 5 atom stereocenters. The zero-order chi connectivity index (χ0) is 24.6. The molecule has 6 rings (SSSR count). The van der Waals surface area contributed by atoms with Gasteiger partial charge in [-0.15, -0.1) is 0 Å². The van der Waals surface area contributed by atoms with E-state index in [4.69, 9.17) is 19.6 Å². The van der Waals surface area contributed by atoms with Crippen LogP contribution in [0.15, 0.2) is 53.7 Å². The Labute approximate surface area is 198 Å². The molecular formula is C25H20F3N3O4. The van der Waals surface area contributed by atoms with Crippen LogP contribution >= 0.6 is 0 Å². The van der Waals surface area contributed by atoms with Crippen LogP contribution in [0.4, 0.5) is 18.9 Å². The lowest BCUT2D eigenvalue weighted by Gasteiger charge is -2.41. The van der Waals surface area contributed by atoms with Gasteiger partial charge in [0.05, 0.1) is 41.0 Å². The largest absolute Gasteiger partial charge is 0.417 e. The Morgan fingerprint density at radius 1 is 1.23 bits per heavy atom. The summed E-state index contributed by atoms with van der Waals surface area (Å²) in [4.78, 5) is 20.7. The molecule has 0 aromatic heterocycles. The summed E-state index contributed by atoms with van der Waals surface area (Å²) in [7, 11) is 0. The van der Waals surface area contributed by atoms with Gasteiger partial charge >= 0.3 is 6.18 Å². The molecule has 1 spiro atoms. The molecule has 7 nitrogen and oxygen atoms in total. The Bertz CT molecular complexity index is 1290. The van der Waals surface area contributed by atoms with Crippen molar-refractivity contribution in [2.75, 3.05) is 11.5 Å². The number of fused-ring (bicyclic) bond motifs is 2. The van der Waals surface area contributed by atoms with Crippen molar-refractivity contribution in [3.63, 3.8) is 0 Å². The highest BCUT2D eigenvalue weighted by molar-refractivity contribution is 6.08. The Morgan fingerprint density at radius 2 is 2.00 bits per heavy atom. The number of alkyl halides is 3. The number of oxime groups is 1. The van der Waals surface area contributed by atoms with Gasteiger partial charge in [-0.3, -0.25) is 9.69 Å². The number of halogens is 3. The van der Waals surface area contributed by atoms with Gasteiger partial charge in [-0.05, 0) is 37.3 Å². The molecule has 4 heterocycles. The van der Waals surface area contributed by atoms with Gasteiger partial charge in [0, 0.05) is 24.4 Å². The number of para-hydroxylation sites is 1. The predicted molar refractivity (Wildman–Crippen MR) is 116 cm³/mol. The van der Waals surface area contributed by atoms with Gasteiger partial charge in [0.1, 0.15) is 11.8 Å². The molecule has 4 saturated heterocycles. The van der Waals surface area contributed by atoms with Crippen LogP contribution in [0.5, 0.6) is 5.75 Å². The van der Waals surface area contributed by atoms with Crippen molar-refractivity contribution in [1.82, 2.24) is 0 Å². The number of nitriles is 1. The predicted octanol–water partition coefficient (Wildman–Crippen LogP) is 4.27. The summed E-state index contributed by atoms with van der Waals surface area (Å²) in [5, 5.41) is 13.5. The van der Waals surface area contributed by atoms with E-state index in [0.717, 1.165) is 12.1 Å². The molecule has 0 radical (unpaired) electrons. The minimum Gasteiger partial charge on any atom is -0.361 e. The maximum absolute atomic E-state index is 13.8. The smallest absolute Gasteiger partial charge is 0.361 e. The monoisotopic (exact) mass is 483 g/mol. The van der Waals surface area contributed by atoms with Crippen LogP contribution in [0.3, 0.4) is 0 Å². The summed E-state index contributed by atoms with van der Waals surface area (Å²) >= 11 is 0. The van der Waals surface area contributed by atoms with Crippen LogP contribution in [0, 0.1) is 23.2 Å². The lowest BCUT2D eigenvalue weighted by Crippen LogP contribution is -2.52. The molecular weight excluding hydrogens is 463 g/mol. The van der Waals surface area contributed by atoms with Crippen LogP contribution < -0.4 is 9.74 Å². The van der Waals surface area contributed by atoms with Crippen molar-refractivity contribution in [2.24, 2.45) is 17.0 Å². The first-order valence-corrected chi connectivity index (χ1v) is 11.2. The molecule has 0 aliphatic carbocycles. The first-order valence-electron chi connectivity index (χ1n) is 11.2. The van der Waals surface area contributed by atoms with Gasteiger partial charge in [0.25, 0.3) is 0 Å². The lowest BCUT2D eigenvalue weighted by molar-refractivity contribution is -0.140. The maximum Gasteiger partial charge on any atom is 0.417 e. The van der Waals surface area contributed by atoms with Crippen molar-refractivity contribution >= 4 is 17.3 Å². The fourth-order valence-corrected chi connectivity index (χ4v) is 6.14. The quantitative estimate of drug-likeness (QED) is 0.609. The third kappa shape index (κ3) is 3.04. The third-order valence-electron chi connectivity index (χ3n) is 7.61. The second-order valence-corrected chi connectivity index (χ2v) is 9.46. The van der Waals surface area contributed by atoms with Crippen LogP contribution in [-0.2, 0) is 20.4 Å². The molecule has 4 aliphatic heterocycles. The van der Waals surface area contributed by atoms with Gasteiger partial charge < -0.3 is 14.3 Å². The minimum absolute atomic E-state index is 0.0415. The number of amides is 1. The minimum atomic E-state index is -4.74. The number of nitrogens with zero attached hydrogens (tertiary/aromatic N) is 3. The number of carbonyl (C=O) groups is 1. The van der Waals surface area contributed by atoms with Crippen LogP contribution in [0.25, 0.3) is 0 Å². The zero-order valence-corrected chi connectivity index (χ0v) is 18.6. The van der Waals surface area contributed by atoms with E-state index in [0.29, 0.717) is 24.3 Å². The van der Waals surface area contributed by atoms with E-state index >= 15 is 0 Å². The number of rotatable bonds is 3. The summed E-state index contributed by atoms with van der Waals surface area (Å²) < 4.78 is 53.3. The molecule has 4 fully saturated rings. The number of hydrogen-bond donors (Lipinski definition) is 0. The number of carbonyl (C=O) groups excluding carboxylic acids is 1. The van der Waals surface area contributed by atoms with Gasteiger partial charge in [0.15, 0.2) is 5.75 Å². The molecule has 0 unspecified atom stereocenters. The summed E-state index contributed by atoms with van der Waals surface area (Å²) in [5.41, 5.74) is -2.75. The average Bonchev–Trinajstić information content (AvgIpc) is 3.40. The van der Waals surface area contributed by atoms with Crippen LogP contribution in [0.1, 0.15) is 30.9 Å². The molecule has 0 N–H and O–H groups in total. The molecule has 1 amide bonds. The molecule has 10 heteroatoms. The van der Waals surface area contributed by atoms with Crippen LogP contribution in [-0.4, -0.2) is 35.7 Å². The third-order valence-corrected chi connectivity index (χ3v) is 7.61. The van der Waals surface area contributed by atoms with E-state index in [-0.39, 0.29) is 18.2 Å². The van der Waals surface area contributed by atoms with E-state index in [1.807, 2.05) is 18.2 Å². The summed E-state index contributed by atoms with van der Waals surface area (Å²) in [6.07, 6.45) is -4.53. The summed E-state index contributed by atoms with van der Waals surface area (Å²) in [5.74, 6) is -0.905. The number of benzene rings is 2. The van der Waals surface area contributed by atoms with Crippen molar-refractivity contribution in [2.45, 2.75) is 43.4 Å². The Morgan fingerprint density at radius 3 is 2.71 bits per heavy atom. The maximum atomic E-state index is 13.8. The van der Waals surface area contributed by atoms with Gasteiger partial charge in [-0.25, -0.2) is 0 Å². The number of hydrogen-bond acceptors (Lipinski definition) is 6. The van der Waals surface area contributed by atoms with Crippen molar-refractivity contribution in [3.8, 4) is 11.8 Å². The fraction of sp³-hybridized carbons (Fsp3) is 0.400. The lowest BCUT2D eigenvalue weighted by atomic mass is 9.65. The Kier molecular flexibility index (Phi) is 4.60. The standard InChI is InChI=1S/C25H20F3N3O4/c1-23-18(30-34-16-5-3-2-4-6-16)12-24(35-23)9-10-33-22-20(24)19(23)21(32)31(22)15-8-7-14(13-29)17(11-15)25(26,27)28/h2-8,11,19-20,22H,9-10,12H2,1H3/t19-,20+,22+,23-,24+/m1/s1. The first kappa shape index (κ1) is 22.1. The summed E-state index contributed by atoms with van der Waals surface area (Å²) in [6.45, 7) is 2.07. The van der Waals surface area contributed by atoms with Gasteiger partial charge in [-0.1, -0.05) is 23.4 Å². The fourth-order valence-electron chi connectivity index (χ4n) is 6.14. The Balaban J connectivity index is 1.39. The molecule has 2 bridgehead atoms. The molecule has 0 saturated carbocycles. The Hall–Kier alpha value is -3.42. The molecule has 35 heavy (non-hydrogen) atoms. The summed E-state index contributed by atoms with van der Waals surface area (Å²) in [6, 6.07) is 13.9.